The lowest BCUT2D eigenvalue weighted by Gasteiger charge is -2.11. The largest absolute Gasteiger partial charge is 0.478 e. The predicted octanol–water partition coefficient (Wildman–Crippen LogP) is 1.71. The number of urea groups is 1. The first-order valence-electron chi connectivity index (χ1n) is 6.43. The fraction of sp³-hybridized carbons (Fsp3) is 0.214. The Bertz CT molecular complexity index is 638. The summed E-state index contributed by atoms with van der Waals surface area (Å²) in [7, 11) is 0. The number of hydrogen-bond acceptors (Lipinski definition) is 3. The van der Waals surface area contributed by atoms with Crippen molar-refractivity contribution in [2.24, 2.45) is 0 Å². The molecule has 0 bridgehead atoms. The highest BCUT2D eigenvalue weighted by atomic mass is 16.4. The van der Waals surface area contributed by atoms with E-state index in [0.29, 0.717) is 18.7 Å². The van der Waals surface area contributed by atoms with Gasteiger partial charge in [0.1, 0.15) is 0 Å². The third-order valence-electron chi connectivity index (χ3n) is 2.92. The summed E-state index contributed by atoms with van der Waals surface area (Å²) < 4.78 is 1.69. The van der Waals surface area contributed by atoms with Gasteiger partial charge in [-0.3, -0.25) is 4.68 Å². The lowest BCUT2D eigenvalue weighted by molar-refractivity contribution is 0.0697. The number of nitrogens with zero attached hydrogens (tertiary/aromatic N) is 2. The number of carbonyl (C=O) groups excluding carboxylic acids is 1. The van der Waals surface area contributed by atoms with E-state index in [1.807, 2.05) is 0 Å². The number of benzene rings is 1. The number of amides is 2. The first-order chi connectivity index (χ1) is 10.1. The molecule has 0 atom stereocenters. The number of anilines is 1. The fourth-order valence-corrected chi connectivity index (χ4v) is 1.94. The highest BCUT2D eigenvalue weighted by Crippen LogP contribution is 2.19. The quantitative estimate of drug-likeness (QED) is 0.780. The fourth-order valence-electron chi connectivity index (χ4n) is 1.94. The number of rotatable bonds is 5. The van der Waals surface area contributed by atoms with Crippen molar-refractivity contribution in [2.75, 3.05) is 11.9 Å². The second-order valence-corrected chi connectivity index (χ2v) is 4.45. The SMILES string of the molecule is Cc1cccc(NC(=O)NCCn2cccn2)c1C(=O)O. The minimum absolute atomic E-state index is 0.0970. The van der Waals surface area contributed by atoms with Gasteiger partial charge in [-0.05, 0) is 24.6 Å². The summed E-state index contributed by atoms with van der Waals surface area (Å²) in [4.78, 5) is 23.0. The average Bonchev–Trinajstić information content (AvgIpc) is 2.91. The lowest BCUT2D eigenvalue weighted by atomic mass is 10.1. The maximum Gasteiger partial charge on any atom is 0.338 e. The van der Waals surface area contributed by atoms with E-state index in [0.717, 1.165) is 0 Å². The van der Waals surface area contributed by atoms with Crippen molar-refractivity contribution in [3.63, 3.8) is 0 Å². The van der Waals surface area contributed by atoms with E-state index in [2.05, 4.69) is 15.7 Å². The van der Waals surface area contributed by atoms with E-state index in [4.69, 9.17) is 0 Å². The van der Waals surface area contributed by atoms with Gasteiger partial charge in [0.25, 0.3) is 0 Å². The normalized spacial score (nSPS) is 10.1. The maximum atomic E-state index is 11.8. The molecule has 0 radical (unpaired) electrons. The molecule has 1 heterocycles. The number of carbonyl (C=O) groups is 2. The summed E-state index contributed by atoms with van der Waals surface area (Å²) in [5.74, 6) is -1.07. The molecule has 0 saturated carbocycles. The average molecular weight is 288 g/mol. The molecule has 0 unspecified atom stereocenters. The summed E-state index contributed by atoms with van der Waals surface area (Å²) in [6, 6.07) is 6.29. The molecule has 0 aliphatic heterocycles. The van der Waals surface area contributed by atoms with Crippen molar-refractivity contribution in [3.8, 4) is 0 Å². The Morgan fingerprint density at radius 3 is 2.81 bits per heavy atom. The van der Waals surface area contributed by atoms with Crippen LogP contribution < -0.4 is 10.6 Å². The van der Waals surface area contributed by atoms with Crippen LogP contribution in [0, 0.1) is 6.92 Å². The predicted molar refractivity (Wildman–Crippen MR) is 77.4 cm³/mol. The zero-order chi connectivity index (χ0) is 15.2. The number of aromatic carboxylic acids is 1. The van der Waals surface area contributed by atoms with Crippen molar-refractivity contribution in [1.29, 1.82) is 0 Å². The monoisotopic (exact) mass is 288 g/mol. The van der Waals surface area contributed by atoms with E-state index >= 15 is 0 Å². The molecule has 0 aliphatic rings. The van der Waals surface area contributed by atoms with Crippen LogP contribution in [-0.2, 0) is 6.54 Å². The molecule has 0 aliphatic carbocycles. The molecule has 0 saturated heterocycles. The van der Waals surface area contributed by atoms with Crippen molar-refractivity contribution in [2.45, 2.75) is 13.5 Å². The van der Waals surface area contributed by atoms with E-state index < -0.39 is 12.0 Å². The first-order valence-corrected chi connectivity index (χ1v) is 6.43. The van der Waals surface area contributed by atoms with Gasteiger partial charge in [0.05, 0.1) is 17.8 Å². The van der Waals surface area contributed by atoms with E-state index in [1.165, 1.54) is 0 Å². The van der Waals surface area contributed by atoms with Gasteiger partial charge >= 0.3 is 12.0 Å². The van der Waals surface area contributed by atoms with E-state index in [1.54, 1.807) is 48.3 Å². The minimum Gasteiger partial charge on any atom is -0.478 e. The molecule has 2 rings (SSSR count). The van der Waals surface area contributed by atoms with Crippen LogP contribution >= 0.6 is 0 Å². The Kier molecular flexibility index (Phi) is 4.55. The molecule has 2 amide bonds. The van der Waals surface area contributed by atoms with Gasteiger partial charge in [0.15, 0.2) is 0 Å². The highest BCUT2D eigenvalue weighted by molar-refractivity contribution is 6.01. The number of nitrogens with one attached hydrogen (secondary N) is 2. The number of aromatic nitrogens is 2. The molecule has 0 spiro atoms. The summed E-state index contributed by atoms with van der Waals surface area (Å²) >= 11 is 0. The summed E-state index contributed by atoms with van der Waals surface area (Å²) in [5.41, 5.74) is 0.968. The van der Waals surface area contributed by atoms with E-state index in [9.17, 15) is 14.7 Å². The van der Waals surface area contributed by atoms with Gasteiger partial charge in [-0.15, -0.1) is 0 Å². The van der Waals surface area contributed by atoms with Crippen LogP contribution in [0.4, 0.5) is 10.5 Å². The molecule has 7 nitrogen and oxygen atoms in total. The van der Waals surface area contributed by atoms with Crippen LogP contribution in [0.15, 0.2) is 36.7 Å². The van der Waals surface area contributed by atoms with Crippen molar-refractivity contribution in [1.82, 2.24) is 15.1 Å². The van der Waals surface area contributed by atoms with Gasteiger partial charge in [-0.2, -0.15) is 5.10 Å². The third kappa shape index (κ3) is 3.82. The Balaban J connectivity index is 1.93. The number of aryl methyl sites for hydroxylation is 1. The van der Waals surface area contributed by atoms with Gasteiger partial charge in [0, 0.05) is 18.9 Å². The molecule has 110 valence electrons. The Labute approximate surface area is 121 Å². The molecular weight excluding hydrogens is 272 g/mol. The molecule has 1 aromatic carbocycles. The molecule has 7 heteroatoms. The Hall–Kier alpha value is -2.83. The van der Waals surface area contributed by atoms with Gasteiger partial charge in [0.2, 0.25) is 0 Å². The molecule has 3 N–H and O–H groups in total. The van der Waals surface area contributed by atoms with Crippen LogP contribution in [0.25, 0.3) is 0 Å². The summed E-state index contributed by atoms with van der Waals surface area (Å²) in [5, 5.41) is 18.4. The highest BCUT2D eigenvalue weighted by Gasteiger charge is 2.14. The zero-order valence-corrected chi connectivity index (χ0v) is 11.5. The first kappa shape index (κ1) is 14.6. The van der Waals surface area contributed by atoms with Crippen LogP contribution in [0.5, 0.6) is 0 Å². The topological polar surface area (TPSA) is 96.3 Å². The van der Waals surface area contributed by atoms with Crippen molar-refractivity contribution < 1.29 is 14.7 Å². The number of carboxylic acids is 1. The van der Waals surface area contributed by atoms with Gasteiger partial charge < -0.3 is 15.7 Å². The second-order valence-electron chi connectivity index (χ2n) is 4.45. The Morgan fingerprint density at radius 1 is 1.33 bits per heavy atom. The number of hydrogen-bond donors (Lipinski definition) is 3. The van der Waals surface area contributed by atoms with Crippen LogP contribution in [0.3, 0.4) is 0 Å². The maximum absolute atomic E-state index is 11.8. The molecule has 0 fully saturated rings. The van der Waals surface area contributed by atoms with Crippen LogP contribution in [-0.4, -0.2) is 33.4 Å². The molecule has 21 heavy (non-hydrogen) atoms. The zero-order valence-electron chi connectivity index (χ0n) is 11.5. The van der Waals surface area contributed by atoms with Crippen LogP contribution in [0.2, 0.25) is 0 Å². The van der Waals surface area contributed by atoms with Gasteiger partial charge in [-0.25, -0.2) is 9.59 Å². The van der Waals surface area contributed by atoms with Crippen LogP contribution in [0.1, 0.15) is 15.9 Å². The third-order valence-corrected chi connectivity index (χ3v) is 2.92. The van der Waals surface area contributed by atoms with Crippen molar-refractivity contribution in [3.05, 3.63) is 47.8 Å². The molecule has 1 aromatic heterocycles. The molecular formula is C14H16N4O3. The smallest absolute Gasteiger partial charge is 0.338 e. The number of carboxylic acid groups (broad SMARTS) is 1. The van der Waals surface area contributed by atoms with E-state index in [-0.39, 0.29) is 11.3 Å². The summed E-state index contributed by atoms with van der Waals surface area (Å²) in [6.45, 7) is 2.62. The second kappa shape index (κ2) is 6.56. The minimum atomic E-state index is -1.07. The standard InChI is InChI=1S/C14H16N4O3/c1-10-4-2-5-11(12(10)13(19)20)17-14(21)15-7-9-18-8-3-6-16-18/h2-6,8H,7,9H2,1H3,(H,19,20)(H2,15,17,21). The van der Waals surface area contributed by atoms with Crippen molar-refractivity contribution >= 4 is 17.7 Å². The van der Waals surface area contributed by atoms with Gasteiger partial charge in [-0.1, -0.05) is 12.1 Å². The lowest BCUT2D eigenvalue weighted by Crippen LogP contribution is -2.32. The molecule has 2 aromatic rings. The Morgan fingerprint density at radius 2 is 2.14 bits per heavy atom. The summed E-state index contributed by atoms with van der Waals surface area (Å²) in [6.07, 6.45) is 3.45.